The zero-order valence-corrected chi connectivity index (χ0v) is 20.4. The Bertz CT molecular complexity index is 1240. The van der Waals surface area contributed by atoms with Crippen molar-refractivity contribution in [3.8, 4) is 16.9 Å². The third-order valence-electron chi connectivity index (χ3n) is 5.00. The number of carbonyl (C=O) groups is 2. The van der Waals surface area contributed by atoms with Gasteiger partial charge in [0, 0.05) is 6.07 Å². The van der Waals surface area contributed by atoms with E-state index in [4.69, 9.17) is 13.9 Å². The van der Waals surface area contributed by atoms with Crippen molar-refractivity contribution in [3.05, 3.63) is 64.5 Å². The molecule has 1 aromatic heterocycles. The summed E-state index contributed by atoms with van der Waals surface area (Å²) in [6.45, 7) is 10.8. The largest absolute Gasteiger partial charge is 0.460 e. The topological polar surface area (TPSA) is 94.8 Å². The van der Waals surface area contributed by atoms with E-state index in [1.807, 2.05) is 44.2 Å². The van der Waals surface area contributed by atoms with Crippen molar-refractivity contribution in [2.75, 3.05) is 0 Å². The maximum absolute atomic E-state index is 13.1. The zero-order valence-electron chi connectivity index (χ0n) is 20.4. The van der Waals surface area contributed by atoms with Crippen LogP contribution in [-0.2, 0) is 9.53 Å². The first-order valence-corrected chi connectivity index (χ1v) is 11.3. The van der Waals surface area contributed by atoms with Gasteiger partial charge >= 0.3 is 12.1 Å². The molecule has 0 saturated heterocycles. The van der Waals surface area contributed by atoms with E-state index < -0.39 is 23.7 Å². The number of esters is 1. The second-order valence-electron chi connectivity index (χ2n) is 9.64. The number of carbonyl (C=O) groups excluding carboxylic acids is 2. The highest BCUT2D eigenvalue weighted by Crippen LogP contribution is 2.26. The van der Waals surface area contributed by atoms with Crippen LogP contribution in [0.5, 0.6) is 5.75 Å². The Morgan fingerprint density at radius 3 is 2.35 bits per heavy atom. The molecule has 1 N–H and O–H groups in total. The molecule has 3 rings (SSSR count). The van der Waals surface area contributed by atoms with Crippen LogP contribution in [0.2, 0.25) is 0 Å². The highest BCUT2D eigenvalue weighted by atomic mass is 16.6. The van der Waals surface area contributed by atoms with Crippen LogP contribution in [0.3, 0.4) is 0 Å². The highest BCUT2D eigenvalue weighted by molar-refractivity contribution is 5.86. The summed E-state index contributed by atoms with van der Waals surface area (Å²) in [4.78, 5) is 38.2. The van der Waals surface area contributed by atoms with E-state index in [0.717, 1.165) is 5.56 Å². The van der Waals surface area contributed by atoms with Crippen molar-refractivity contribution >= 4 is 23.0 Å². The Hall–Kier alpha value is -3.61. The molecule has 0 saturated carbocycles. The summed E-state index contributed by atoms with van der Waals surface area (Å²) in [5, 5.41) is 2.98. The van der Waals surface area contributed by atoms with Crippen LogP contribution in [0, 0.1) is 12.8 Å². The molecule has 1 unspecified atom stereocenters. The molecule has 3 aromatic rings. The van der Waals surface area contributed by atoms with Crippen LogP contribution >= 0.6 is 0 Å². The van der Waals surface area contributed by atoms with Crippen LogP contribution in [0.1, 0.15) is 46.8 Å². The Morgan fingerprint density at radius 2 is 1.74 bits per heavy atom. The van der Waals surface area contributed by atoms with Crippen LogP contribution < -0.4 is 15.5 Å². The van der Waals surface area contributed by atoms with Crippen molar-refractivity contribution in [3.63, 3.8) is 0 Å². The fourth-order valence-corrected chi connectivity index (χ4v) is 3.61. The molecule has 34 heavy (non-hydrogen) atoms. The van der Waals surface area contributed by atoms with Crippen molar-refractivity contribution < 1.29 is 23.5 Å². The van der Waals surface area contributed by atoms with Gasteiger partial charge < -0.3 is 19.2 Å². The smallest absolute Gasteiger partial charge is 0.408 e. The normalized spacial score (nSPS) is 12.4. The van der Waals surface area contributed by atoms with Gasteiger partial charge in [0.15, 0.2) is 0 Å². The van der Waals surface area contributed by atoms with Crippen molar-refractivity contribution in [1.29, 1.82) is 0 Å². The molecule has 0 aliphatic rings. The Labute approximate surface area is 199 Å². The minimum absolute atomic E-state index is 0.126. The number of hydrogen-bond donors (Lipinski definition) is 1. The molecule has 0 aliphatic heterocycles. The first-order valence-electron chi connectivity index (χ1n) is 11.3. The maximum Gasteiger partial charge on any atom is 0.408 e. The average molecular weight is 466 g/mol. The summed E-state index contributed by atoms with van der Waals surface area (Å²) in [6, 6.07) is 13.1. The van der Waals surface area contributed by atoms with Gasteiger partial charge in [0.1, 0.15) is 28.7 Å². The lowest BCUT2D eigenvalue weighted by atomic mass is 10.0. The fourth-order valence-electron chi connectivity index (χ4n) is 3.61. The molecule has 1 atom stereocenters. The van der Waals surface area contributed by atoms with Gasteiger partial charge in [-0.05, 0) is 57.7 Å². The molecule has 0 spiro atoms. The van der Waals surface area contributed by atoms with Crippen molar-refractivity contribution in [1.82, 2.24) is 5.32 Å². The molecule has 180 valence electrons. The van der Waals surface area contributed by atoms with Gasteiger partial charge in [-0.3, -0.25) is 4.79 Å². The van der Waals surface area contributed by atoms with Gasteiger partial charge in [0.2, 0.25) is 5.43 Å². The SMILES string of the molecule is Cc1oc2cc(OC(=O)C(CC(C)C)NC(=O)OC(C)(C)C)ccc2c(=O)c1-c1ccccc1. The number of alkyl carbamates (subject to hydrolysis) is 1. The van der Waals surface area contributed by atoms with Gasteiger partial charge in [0.25, 0.3) is 0 Å². The van der Waals surface area contributed by atoms with Gasteiger partial charge in [0.05, 0.1) is 10.9 Å². The fraction of sp³-hybridized carbons (Fsp3) is 0.370. The first-order chi connectivity index (χ1) is 15.9. The van der Waals surface area contributed by atoms with Gasteiger partial charge in [-0.25, -0.2) is 9.59 Å². The maximum atomic E-state index is 13.1. The third-order valence-corrected chi connectivity index (χ3v) is 5.00. The Kier molecular flexibility index (Phi) is 7.44. The van der Waals surface area contributed by atoms with E-state index in [1.54, 1.807) is 39.8 Å². The molecule has 2 aromatic carbocycles. The van der Waals surface area contributed by atoms with Crippen molar-refractivity contribution in [2.45, 2.75) is 59.6 Å². The summed E-state index contributed by atoms with van der Waals surface area (Å²) in [6.07, 6.45) is -0.316. The van der Waals surface area contributed by atoms with Crippen LogP contribution in [0.4, 0.5) is 4.79 Å². The van der Waals surface area contributed by atoms with Gasteiger partial charge in [-0.2, -0.15) is 0 Å². The molecule has 0 radical (unpaired) electrons. The standard InChI is InChI=1S/C27H31NO6/c1-16(2)14-21(28-26(31)34-27(4,5)6)25(30)33-19-12-13-20-22(15-19)32-17(3)23(24(20)29)18-10-8-7-9-11-18/h7-13,15-16,21H,14H2,1-6H3,(H,28,31). The lowest BCUT2D eigenvalue weighted by Gasteiger charge is -2.23. The number of nitrogens with one attached hydrogen (secondary N) is 1. The predicted octanol–water partition coefficient (Wildman–Crippen LogP) is 5.61. The molecule has 0 bridgehead atoms. The number of benzene rings is 2. The summed E-state index contributed by atoms with van der Waals surface area (Å²) >= 11 is 0. The average Bonchev–Trinajstić information content (AvgIpc) is 2.72. The molecular formula is C27H31NO6. The predicted molar refractivity (Wildman–Crippen MR) is 131 cm³/mol. The quantitative estimate of drug-likeness (QED) is 0.375. The van der Waals surface area contributed by atoms with Crippen LogP contribution in [0.25, 0.3) is 22.1 Å². The molecule has 7 heteroatoms. The molecule has 1 heterocycles. The second-order valence-corrected chi connectivity index (χ2v) is 9.64. The number of hydrogen-bond acceptors (Lipinski definition) is 6. The number of ether oxygens (including phenoxy) is 2. The van der Waals surface area contributed by atoms with E-state index in [0.29, 0.717) is 28.7 Å². The van der Waals surface area contributed by atoms with Gasteiger partial charge in [-0.1, -0.05) is 44.2 Å². The van der Waals surface area contributed by atoms with E-state index in [1.165, 1.54) is 6.07 Å². The first kappa shape index (κ1) is 25.0. The zero-order chi connectivity index (χ0) is 25.0. The molecule has 7 nitrogen and oxygen atoms in total. The molecule has 0 aliphatic carbocycles. The number of aryl methyl sites for hydroxylation is 1. The second kappa shape index (κ2) is 10.1. The summed E-state index contributed by atoms with van der Waals surface area (Å²) in [5.74, 6) is 0.184. The monoisotopic (exact) mass is 465 g/mol. The minimum Gasteiger partial charge on any atom is -0.460 e. The number of rotatable bonds is 6. The van der Waals surface area contributed by atoms with Crippen molar-refractivity contribution in [2.24, 2.45) is 5.92 Å². The molecule has 0 fully saturated rings. The highest BCUT2D eigenvalue weighted by Gasteiger charge is 2.27. The third kappa shape index (κ3) is 6.25. The van der Waals surface area contributed by atoms with E-state index in [9.17, 15) is 14.4 Å². The lowest BCUT2D eigenvalue weighted by molar-refractivity contribution is -0.137. The summed E-state index contributed by atoms with van der Waals surface area (Å²) in [7, 11) is 0. The van der Waals surface area contributed by atoms with Gasteiger partial charge in [-0.15, -0.1) is 0 Å². The summed E-state index contributed by atoms with van der Waals surface area (Å²) in [5.41, 5.74) is 0.732. The molecule has 1 amide bonds. The Balaban J connectivity index is 1.86. The Morgan fingerprint density at radius 1 is 1.06 bits per heavy atom. The van der Waals surface area contributed by atoms with E-state index in [-0.39, 0.29) is 17.1 Å². The van der Waals surface area contributed by atoms with Crippen LogP contribution in [-0.4, -0.2) is 23.7 Å². The minimum atomic E-state index is -0.889. The number of amides is 1. The molecular weight excluding hydrogens is 434 g/mol. The summed E-state index contributed by atoms with van der Waals surface area (Å²) < 4.78 is 16.7. The van der Waals surface area contributed by atoms with Crippen LogP contribution in [0.15, 0.2) is 57.7 Å². The number of fused-ring (bicyclic) bond motifs is 1. The lowest BCUT2D eigenvalue weighted by Crippen LogP contribution is -2.45. The van der Waals surface area contributed by atoms with E-state index >= 15 is 0 Å². The van der Waals surface area contributed by atoms with E-state index in [2.05, 4.69) is 5.32 Å².